The molecule has 2 heterocycles. The summed E-state index contributed by atoms with van der Waals surface area (Å²) in [7, 11) is 1.84. The molecule has 2 aromatic rings. The normalized spacial score (nSPS) is 20.7. The highest BCUT2D eigenvalue weighted by Gasteiger charge is 2.21. The molecule has 1 atom stereocenters. The molecule has 1 saturated heterocycles. The molecule has 16 heavy (non-hydrogen) atoms. The molecule has 0 unspecified atom stereocenters. The first kappa shape index (κ1) is 9.66. The van der Waals surface area contributed by atoms with Gasteiger partial charge in [0.2, 0.25) is 0 Å². The molecule has 0 spiro atoms. The number of nitrogens with zero attached hydrogens (tertiary/aromatic N) is 2. The van der Waals surface area contributed by atoms with Gasteiger partial charge in [-0.2, -0.15) is 0 Å². The number of para-hydroxylation sites is 2. The van der Waals surface area contributed by atoms with Gasteiger partial charge in [-0.25, -0.2) is 4.79 Å². The largest absolute Gasteiger partial charge is 0.329 e. The van der Waals surface area contributed by atoms with Crippen LogP contribution in [0.15, 0.2) is 29.1 Å². The number of benzene rings is 1. The molecule has 1 N–H and O–H groups in total. The summed E-state index contributed by atoms with van der Waals surface area (Å²) in [5, 5.41) is 3.30. The molecular weight excluding hydrogens is 202 g/mol. The summed E-state index contributed by atoms with van der Waals surface area (Å²) in [6.07, 6.45) is 1.04. The third-order valence-corrected chi connectivity index (χ3v) is 3.40. The van der Waals surface area contributed by atoms with E-state index in [2.05, 4.69) is 5.32 Å². The molecule has 84 valence electrons. The second kappa shape index (κ2) is 3.49. The van der Waals surface area contributed by atoms with Crippen molar-refractivity contribution in [2.75, 3.05) is 13.1 Å². The minimum Gasteiger partial charge on any atom is -0.315 e. The topological polar surface area (TPSA) is 39.0 Å². The van der Waals surface area contributed by atoms with Crippen LogP contribution in [0.4, 0.5) is 0 Å². The van der Waals surface area contributed by atoms with E-state index in [1.165, 1.54) is 0 Å². The summed E-state index contributed by atoms with van der Waals surface area (Å²) in [5.41, 5.74) is 2.15. The van der Waals surface area contributed by atoms with Crippen molar-refractivity contribution in [2.45, 2.75) is 12.5 Å². The van der Waals surface area contributed by atoms with Crippen LogP contribution >= 0.6 is 0 Å². The highest BCUT2D eigenvalue weighted by molar-refractivity contribution is 5.76. The first-order valence-corrected chi connectivity index (χ1v) is 5.65. The van der Waals surface area contributed by atoms with Crippen molar-refractivity contribution in [1.29, 1.82) is 0 Å². The molecular formula is C12H15N3O. The predicted molar refractivity (Wildman–Crippen MR) is 63.7 cm³/mol. The molecule has 0 saturated carbocycles. The van der Waals surface area contributed by atoms with E-state index >= 15 is 0 Å². The van der Waals surface area contributed by atoms with Crippen LogP contribution in [-0.2, 0) is 7.05 Å². The Kier molecular flexibility index (Phi) is 2.11. The summed E-state index contributed by atoms with van der Waals surface area (Å²) in [6, 6.07) is 8.28. The fourth-order valence-electron chi connectivity index (χ4n) is 2.53. The Labute approximate surface area is 93.5 Å². The summed E-state index contributed by atoms with van der Waals surface area (Å²) in [4.78, 5) is 12.2. The van der Waals surface area contributed by atoms with Gasteiger partial charge in [-0.3, -0.25) is 9.13 Å². The quantitative estimate of drug-likeness (QED) is 0.770. The molecule has 0 amide bonds. The van der Waals surface area contributed by atoms with E-state index in [0.29, 0.717) is 6.04 Å². The van der Waals surface area contributed by atoms with Crippen LogP contribution in [0.25, 0.3) is 11.0 Å². The summed E-state index contributed by atoms with van der Waals surface area (Å²) in [6.45, 7) is 1.90. The SMILES string of the molecule is Cn1c(=O)n([C@@H]2CCNC2)c2ccccc21. The molecule has 3 rings (SSSR count). The monoisotopic (exact) mass is 217 g/mol. The number of hydrogen-bond donors (Lipinski definition) is 1. The Morgan fingerprint density at radius 2 is 2.06 bits per heavy atom. The number of aromatic nitrogens is 2. The maximum Gasteiger partial charge on any atom is 0.329 e. The van der Waals surface area contributed by atoms with E-state index in [-0.39, 0.29) is 5.69 Å². The van der Waals surface area contributed by atoms with E-state index in [4.69, 9.17) is 0 Å². The zero-order chi connectivity index (χ0) is 11.1. The van der Waals surface area contributed by atoms with Gasteiger partial charge in [0.1, 0.15) is 0 Å². The van der Waals surface area contributed by atoms with Gasteiger partial charge in [0.15, 0.2) is 0 Å². The maximum absolute atomic E-state index is 12.2. The van der Waals surface area contributed by atoms with E-state index in [1.807, 2.05) is 35.9 Å². The Balaban J connectivity index is 2.30. The van der Waals surface area contributed by atoms with Gasteiger partial charge in [-0.05, 0) is 25.1 Å². The van der Waals surface area contributed by atoms with Crippen LogP contribution in [0, 0.1) is 0 Å². The molecule has 1 fully saturated rings. The molecule has 0 bridgehead atoms. The zero-order valence-electron chi connectivity index (χ0n) is 9.31. The second-order valence-corrected chi connectivity index (χ2v) is 4.35. The van der Waals surface area contributed by atoms with Gasteiger partial charge in [0.25, 0.3) is 0 Å². The van der Waals surface area contributed by atoms with Crippen LogP contribution in [0.1, 0.15) is 12.5 Å². The van der Waals surface area contributed by atoms with Crippen LogP contribution in [0.5, 0.6) is 0 Å². The molecule has 0 radical (unpaired) electrons. The number of fused-ring (bicyclic) bond motifs is 1. The number of rotatable bonds is 1. The highest BCUT2D eigenvalue weighted by Crippen LogP contribution is 2.20. The minimum atomic E-state index is 0.0925. The van der Waals surface area contributed by atoms with Crippen molar-refractivity contribution in [2.24, 2.45) is 7.05 Å². The van der Waals surface area contributed by atoms with Crippen LogP contribution in [0.3, 0.4) is 0 Å². The second-order valence-electron chi connectivity index (χ2n) is 4.35. The Hall–Kier alpha value is -1.55. The molecule has 1 aromatic carbocycles. The lowest BCUT2D eigenvalue weighted by Crippen LogP contribution is -2.27. The third kappa shape index (κ3) is 1.23. The smallest absolute Gasteiger partial charge is 0.315 e. The van der Waals surface area contributed by atoms with Crippen molar-refractivity contribution < 1.29 is 0 Å². The Morgan fingerprint density at radius 3 is 2.75 bits per heavy atom. The minimum absolute atomic E-state index is 0.0925. The van der Waals surface area contributed by atoms with Crippen molar-refractivity contribution in [1.82, 2.24) is 14.5 Å². The number of hydrogen-bond acceptors (Lipinski definition) is 2. The molecule has 1 aliphatic rings. The van der Waals surface area contributed by atoms with Crippen molar-refractivity contribution in [3.63, 3.8) is 0 Å². The van der Waals surface area contributed by atoms with Crippen LogP contribution in [0.2, 0.25) is 0 Å². The standard InChI is InChI=1S/C12H15N3O/c1-14-10-4-2-3-5-11(10)15(12(14)16)9-6-7-13-8-9/h2-5,9,13H,6-8H2,1H3/t9-/m1/s1. The Bertz CT molecular complexity index is 575. The van der Waals surface area contributed by atoms with Crippen LogP contribution in [-0.4, -0.2) is 22.2 Å². The zero-order valence-corrected chi connectivity index (χ0v) is 9.31. The average Bonchev–Trinajstić information content (AvgIpc) is 2.89. The third-order valence-electron chi connectivity index (χ3n) is 3.40. The van der Waals surface area contributed by atoms with Crippen molar-refractivity contribution in [3.8, 4) is 0 Å². The van der Waals surface area contributed by atoms with E-state index < -0.39 is 0 Å². The molecule has 1 aliphatic heterocycles. The van der Waals surface area contributed by atoms with Gasteiger partial charge in [-0.15, -0.1) is 0 Å². The lowest BCUT2D eigenvalue weighted by molar-refractivity contribution is 0.535. The van der Waals surface area contributed by atoms with Crippen LogP contribution < -0.4 is 11.0 Å². The number of imidazole rings is 1. The Morgan fingerprint density at radius 1 is 1.31 bits per heavy atom. The predicted octanol–water partition coefficient (Wildman–Crippen LogP) is 0.874. The summed E-state index contributed by atoms with van der Waals surface area (Å²) in [5.74, 6) is 0. The molecule has 0 aliphatic carbocycles. The summed E-state index contributed by atoms with van der Waals surface area (Å²) >= 11 is 0. The summed E-state index contributed by atoms with van der Waals surface area (Å²) < 4.78 is 3.66. The number of nitrogens with one attached hydrogen (secondary N) is 1. The molecule has 1 aromatic heterocycles. The van der Waals surface area contributed by atoms with Crippen molar-refractivity contribution in [3.05, 3.63) is 34.7 Å². The number of aryl methyl sites for hydroxylation is 1. The van der Waals surface area contributed by atoms with Gasteiger partial charge in [0, 0.05) is 13.6 Å². The van der Waals surface area contributed by atoms with Gasteiger partial charge in [-0.1, -0.05) is 12.1 Å². The lowest BCUT2D eigenvalue weighted by Gasteiger charge is -2.09. The van der Waals surface area contributed by atoms with Gasteiger partial charge >= 0.3 is 5.69 Å². The van der Waals surface area contributed by atoms with E-state index in [0.717, 1.165) is 30.5 Å². The molecule has 4 nitrogen and oxygen atoms in total. The van der Waals surface area contributed by atoms with Gasteiger partial charge < -0.3 is 5.32 Å². The van der Waals surface area contributed by atoms with Gasteiger partial charge in [0.05, 0.1) is 17.1 Å². The van der Waals surface area contributed by atoms with Crippen molar-refractivity contribution >= 4 is 11.0 Å². The average molecular weight is 217 g/mol. The molecule has 4 heteroatoms. The highest BCUT2D eigenvalue weighted by atomic mass is 16.1. The fourth-order valence-corrected chi connectivity index (χ4v) is 2.53. The first-order valence-electron chi connectivity index (χ1n) is 5.65. The fraction of sp³-hybridized carbons (Fsp3) is 0.417. The van der Waals surface area contributed by atoms with E-state index in [9.17, 15) is 4.79 Å². The lowest BCUT2D eigenvalue weighted by atomic mass is 10.2. The first-order chi connectivity index (χ1) is 7.79. The van der Waals surface area contributed by atoms with E-state index in [1.54, 1.807) is 4.57 Å². The maximum atomic E-state index is 12.2.